The first-order valence-corrected chi connectivity index (χ1v) is 13.9. The monoisotopic (exact) mass is 531 g/mol. The Morgan fingerprint density at radius 3 is 2.87 bits per heavy atom. The molecule has 1 aliphatic carbocycles. The third-order valence-electron chi connectivity index (χ3n) is 6.71. The molecule has 1 aromatic carbocycles. The zero-order valence-electron chi connectivity index (χ0n) is 21.7. The Hall–Kier alpha value is -3.70. The topological polar surface area (TPSA) is 101 Å². The fourth-order valence-electron chi connectivity index (χ4n) is 4.76. The Bertz CT molecular complexity index is 1280. The number of Topliss-reactive ketones (excluding diaryl/α,β-unsaturated/α-hetero) is 1. The molecule has 2 heterocycles. The number of rotatable bonds is 12. The first-order valence-electron chi connectivity index (χ1n) is 13.1. The van der Waals surface area contributed by atoms with Crippen LogP contribution >= 0.6 is 11.3 Å². The average Bonchev–Trinajstić information content (AvgIpc) is 3.28. The van der Waals surface area contributed by atoms with Crippen LogP contribution in [0.1, 0.15) is 51.8 Å². The van der Waals surface area contributed by atoms with E-state index in [9.17, 15) is 14.9 Å². The number of ketones is 1. The van der Waals surface area contributed by atoms with Crippen LogP contribution < -0.4 is 10.1 Å². The van der Waals surface area contributed by atoms with Crippen molar-refractivity contribution in [3.63, 3.8) is 0 Å². The van der Waals surface area contributed by atoms with E-state index >= 15 is 0 Å². The van der Waals surface area contributed by atoms with Crippen molar-refractivity contribution in [2.75, 3.05) is 19.8 Å². The molecule has 8 heteroatoms. The average molecular weight is 532 g/mol. The molecule has 1 aliphatic rings. The van der Waals surface area contributed by atoms with Gasteiger partial charge in [0, 0.05) is 41.5 Å². The summed E-state index contributed by atoms with van der Waals surface area (Å²) in [6.45, 7) is 3.36. The molecule has 1 amide bonds. The van der Waals surface area contributed by atoms with Gasteiger partial charge in [-0.2, -0.15) is 5.26 Å². The Balaban J connectivity index is 1.26. The molecule has 1 N–H and O–H groups in total. The Morgan fingerprint density at radius 1 is 1.21 bits per heavy atom. The minimum Gasteiger partial charge on any atom is -0.494 e. The smallest absolute Gasteiger partial charge is 0.407 e. The first kappa shape index (κ1) is 27.3. The molecule has 0 radical (unpaired) electrons. The SMILES string of the molecule is CCOc1ccccc1CCC(=O)Cc1sc2c(c1C#N)CCC(COC(=O)NCCc1cccnc1)C2. The van der Waals surface area contributed by atoms with E-state index in [4.69, 9.17) is 9.47 Å². The molecule has 1 unspecified atom stereocenters. The third kappa shape index (κ3) is 7.42. The van der Waals surface area contributed by atoms with Crippen LogP contribution in [0.4, 0.5) is 4.79 Å². The summed E-state index contributed by atoms with van der Waals surface area (Å²) in [6.07, 6.45) is 7.46. The van der Waals surface area contributed by atoms with Gasteiger partial charge in [0.2, 0.25) is 0 Å². The number of nitriles is 1. The molecule has 198 valence electrons. The summed E-state index contributed by atoms with van der Waals surface area (Å²) in [5.74, 6) is 1.15. The van der Waals surface area contributed by atoms with Gasteiger partial charge in [0.1, 0.15) is 17.6 Å². The number of para-hydroxylation sites is 1. The van der Waals surface area contributed by atoms with E-state index in [-0.39, 0.29) is 18.1 Å². The molecule has 0 saturated carbocycles. The highest BCUT2D eigenvalue weighted by Crippen LogP contribution is 2.37. The Kier molecular flexibility index (Phi) is 9.88. The van der Waals surface area contributed by atoms with Crippen molar-refractivity contribution < 1.29 is 19.1 Å². The van der Waals surface area contributed by atoms with Crippen molar-refractivity contribution in [3.8, 4) is 11.8 Å². The number of aryl methyl sites for hydroxylation is 1. The van der Waals surface area contributed by atoms with E-state index in [0.717, 1.165) is 51.5 Å². The Labute approximate surface area is 227 Å². The number of fused-ring (bicyclic) bond motifs is 1. The maximum atomic E-state index is 12.8. The molecule has 0 saturated heterocycles. The number of pyridine rings is 1. The highest BCUT2D eigenvalue weighted by molar-refractivity contribution is 7.12. The minimum atomic E-state index is -0.416. The molecule has 0 bridgehead atoms. The standard InChI is InChI=1S/C30H33N3O4S/c1-2-36-27-8-4-3-7-23(27)10-11-24(34)17-29-26(18-31)25-12-9-22(16-28(25)38-29)20-37-30(35)33-15-13-21-6-5-14-32-19-21/h3-8,14,19,22H,2,9-13,15-17,20H2,1H3,(H,33,35). The lowest BCUT2D eigenvalue weighted by Crippen LogP contribution is -2.29. The number of thiophene rings is 1. The molecule has 38 heavy (non-hydrogen) atoms. The summed E-state index contributed by atoms with van der Waals surface area (Å²) >= 11 is 1.57. The highest BCUT2D eigenvalue weighted by Gasteiger charge is 2.27. The minimum absolute atomic E-state index is 0.120. The van der Waals surface area contributed by atoms with Crippen LogP contribution in [0.15, 0.2) is 48.8 Å². The van der Waals surface area contributed by atoms with Crippen molar-refractivity contribution in [3.05, 3.63) is 80.8 Å². The van der Waals surface area contributed by atoms with Crippen LogP contribution in [-0.4, -0.2) is 36.6 Å². The summed E-state index contributed by atoms with van der Waals surface area (Å²) in [4.78, 5) is 31.0. The number of benzene rings is 1. The molecule has 0 fully saturated rings. The molecule has 1 atom stereocenters. The lowest BCUT2D eigenvalue weighted by molar-refractivity contribution is -0.118. The molecule has 0 aliphatic heterocycles. The Morgan fingerprint density at radius 2 is 2.08 bits per heavy atom. The second-order valence-electron chi connectivity index (χ2n) is 9.42. The first-order chi connectivity index (χ1) is 18.6. The predicted octanol–water partition coefficient (Wildman–Crippen LogP) is 5.23. The van der Waals surface area contributed by atoms with Crippen molar-refractivity contribution in [2.45, 2.75) is 51.9 Å². The normalized spacial score (nSPS) is 14.3. The third-order valence-corrected chi connectivity index (χ3v) is 7.97. The number of nitrogens with zero attached hydrogens (tertiary/aromatic N) is 2. The van der Waals surface area contributed by atoms with E-state index in [2.05, 4.69) is 16.4 Å². The molecule has 2 aromatic heterocycles. The number of amides is 1. The summed E-state index contributed by atoms with van der Waals surface area (Å²) in [6, 6.07) is 14.0. The van der Waals surface area contributed by atoms with Crippen LogP contribution in [-0.2, 0) is 41.6 Å². The predicted molar refractivity (Wildman–Crippen MR) is 146 cm³/mol. The number of carbonyl (C=O) groups excluding carboxylic acids is 2. The van der Waals surface area contributed by atoms with Crippen LogP contribution in [0.25, 0.3) is 0 Å². The molecule has 4 rings (SSSR count). The number of ether oxygens (including phenoxy) is 2. The summed E-state index contributed by atoms with van der Waals surface area (Å²) in [5, 5.41) is 12.6. The van der Waals surface area contributed by atoms with E-state index in [1.807, 2.05) is 43.3 Å². The van der Waals surface area contributed by atoms with Gasteiger partial charge >= 0.3 is 6.09 Å². The fraction of sp³-hybridized carbons (Fsp3) is 0.400. The van der Waals surface area contributed by atoms with Crippen molar-refractivity contribution in [2.24, 2.45) is 5.92 Å². The zero-order chi connectivity index (χ0) is 26.7. The van der Waals surface area contributed by atoms with Crippen LogP contribution in [0.2, 0.25) is 0 Å². The second kappa shape index (κ2) is 13.7. The van der Waals surface area contributed by atoms with Crippen LogP contribution in [0.3, 0.4) is 0 Å². The van der Waals surface area contributed by atoms with Crippen molar-refractivity contribution in [1.29, 1.82) is 5.26 Å². The summed E-state index contributed by atoms with van der Waals surface area (Å²) in [7, 11) is 0. The molecular weight excluding hydrogens is 498 g/mol. The fourth-order valence-corrected chi connectivity index (χ4v) is 6.20. The van der Waals surface area contributed by atoms with Gasteiger partial charge in [-0.25, -0.2) is 4.79 Å². The van der Waals surface area contributed by atoms with Crippen LogP contribution in [0, 0.1) is 17.2 Å². The quantitative estimate of drug-likeness (QED) is 0.343. The number of nitrogens with one attached hydrogen (secondary N) is 1. The highest BCUT2D eigenvalue weighted by atomic mass is 32.1. The van der Waals surface area contributed by atoms with Gasteiger partial charge in [0.15, 0.2) is 0 Å². The maximum absolute atomic E-state index is 12.8. The number of alkyl carbamates (subject to hydrolysis) is 1. The summed E-state index contributed by atoms with van der Waals surface area (Å²) < 4.78 is 11.1. The number of aromatic nitrogens is 1. The van der Waals surface area contributed by atoms with E-state index in [1.165, 1.54) is 0 Å². The van der Waals surface area contributed by atoms with Crippen LogP contribution in [0.5, 0.6) is 5.75 Å². The lowest BCUT2D eigenvalue weighted by atomic mass is 9.87. The van der Waals surface area contributed by atoms with E-state index < -0.39 is 6.09 Å². The molecule has 7 nitrogen and oxygen atoms in total. The molecule has 0 spiro atoms. The van der Waals surface area contributed by atoms with Gasteiger partial charge in [0.25, 0.3) is 0 Å². The van der Waals surface area contributed by atoms with Gasteiger partial charge in [-0.3, -0.25) is 9.78 Å². The molecular formula is C30H33N3O4S. The van der Waals surface area contributed by atoms with Gasteiger partial charge in [-0.15, -0.1) is 11.3 Å². The van der Waals surface area contributed by atoms with Crippen molar-refractivity contribution >= 4 is 23.2 Å². The van der Waals surface area contributed by atoms with Gasteiger partial charge < -0.3 is 14.8 Å². The van der Waals surface area contributed by atoms with E-state index in [1.54, 1.807) is 23.7 Å². The maximum Gasteiger partial charge on any atom is 0.407 e. The van der Waals surface area contributed by atoms with Gasteiger partial charge in [0.05, 0.1) is 18.8 Å². The number of hydrogen-bond acceptors (Lipinski definition) is 7. The second-order valence-corrected chi connectivity index (χ2v) is 10.6. The van der Waals surface area contributed by atoms with Gasteiger partial charge in [-0.05, 0) is 73.8 Å². The largest absolute Gasteiger partial charge is 0.494 e. The number of hydrogen-bond donors (Lipinski definition) is 1. The molecule has 3 aromatic rings. The van der Waals surface area contributed by atoms with E-state index in [0.29, 0.717) is 44.6 Å². The zero-order valence-corrected chi connectivity index (χ0v) is 22.5. The van der Waals surface area contributed by atoms with Gasteiger partial charge in [-0.1, -0.05) is 24.3 Å². The number of carbonyl (C=O) groups is 2. The van der Waals surface area contributed by atoms with Crippen molar-refractivity contribution in [1.82, 2.24) is 10.3 Å². The lowest BCUT2D eigenvalue weighted by Gasteiger charge is -2.22. The summed E-state index contributed by atoms with van der Waals surface area (Å²) in [5.41, 5.74) is 3.82.